The van der Waals surface area contributed by atoms with E-state index in [2.05, 4.69) is 10.3 Å². The highest BCUT2D eigenvalue weighted by atomic mass is 19.4. The Morgan fingerprint density at radius 2 is 2.12 bits per heavy atom. The lowest BCUT2D eigenvalue weighted by Gasteiger charge is -2.21. The van der Waals surface area contributed by atoms with Gasteiger partial charge in [-0.05, 0) is 25.1 Å². The van der Waals surface area contributed by atoms with Crippen LogP contribution in [0.2, 0.25) is 0 Å². The normalized spacial score (nSPS) is 13.7. The quantitative estimate of drug-likeness (QED) is 0.859. The minimum Gasteiger partial charge on any atom is -0.383 e. The Balaban J connectivity index is 3.00. The summed E-state index contributed by atoms with van der Waals surface area (Å²) in [6, 6.07) is 0.800. The van der Waals surface area contributed by atoms with E-state index in [1.165, 1.54) is 6.20 Å². The first kappa shape index (κ1) is 13.8. The Kier molecular flexibility index (Phi) is 4.34. The van der Waals surface area contributed by atoms with E-state index in [0.717, 1.165) is 5.56 Å². The summed E-state index contributed by atoms with van der Waals surface area (Å²) in [6.45, 7) is 3.96. The van der Waals surface area contributed by atoms with E-state index < -0.39 is 18.6 Å². The van der Waals surface area contributed by atoms with Gasteiger partial charge in [0, 0.05) is 17.8 Å². The fraction of sp³-hybridized carbons (Fsp3) is 0.545. The lowest BCUT2D eigenvalue weighted by molar-refractivity contribution is -0.140. The van der Waals surface area contributed by atoms with Gasteiger partial charge in [-0.1, -0.05) is 6.92 Å². The molecule has 1 heterocycles. The molecule has 1 aromatic rings. The monoisotopic (exact) mass is 247 g/mol. The predicted molar refractivity (Wildman–Crippen MR) is 60.5 cm³/mol. The number of nitrogen functional groups attached to an aromatic ring is 1. The van der Waals surface area contributed by atoms with Crippen LogP contribution in [0.3, 0.4) is 0 Å². The average Bonchev–Trinajstić information content (AvgIpc) is 2.19. The first-order valence-corrected chi connectivity index (χ1v) is 5.35. The van der Waals surface area contributed by atoms with Crippen LogP contribution in [0.4, 0.5) is 19.0 Å². The molecule has 6 heteroatoms. The summed E-state index contributed by atoms with van der Waals surface area (Å²) in [5.41, 5.74) is 6.82. The zero-order chi connectivity index (χ0) is 13.1. The van der Waals surface area contributed by atoms with Crippen molar-refractivity contribution >= 4 is 5.82 Å². The van der Waals surface area contributed by atoms with Gasteiger partial charge < -0.3 is 11.1 Å². The minimum atomic E-state index is -4.23. The standard InChI is InChI=1S/C11H16F3N3/c1-3-16-9(5-11(12,13)14)8-4-7(2)6-17-10(8)15/h4,6,9,16H,3,5H2,1-2H3,(H2,15,17). The highest BCUT2D eigenvalue weighted by Crippen LogP contribution is 2.31. The molecule has 96 valence electrons. The number of alkyl halides is 3. The molecule has 1 unspecified atom stereocenters. The Morgan fingerprint density at radius 3 is 2.65 bits per heavy atom. The number of hydrogen-bond donors (Lipinski definition) is 2. The van der Waals surface area contributed by atoms with Crippen LogP contribution < -0.4 is 11.1 Å². The van der Waals surface area contributed by atoms with Crippen LogP contribution in [0.1, 0.15) is 30.5 Å². The number of aryl methyl sites for hydroxylation is 1. The molecule has 0 spiro atoms. The molecule has 17 heavy (non-hydrogen) atoms. The summed E-state index contributed by atoms with van der Waals surface area (Å²) in [5.74, 6) is 0.144. The highest BCUT2D eigenvalue weighted by Gasteiger charge is 2.33. The van der Waals surface area contributed by atoms with Gasteiger partial charge in [0.1, 0.15) is 5.82 Å². The van der Waals surface area contributed by atoms with Crippen LogP contribution in [0.5, 0.6) is 0 Å². The maximum absolute atomic E-state index is 12.4. The first-order valence-electron chi connectivity index (χ1n) is 5.35. The smallest absolute Gasteiger partial charge is 0.383 e. The minimum absolute atomic E-state index is 0.144. The topological polar surface area (TPSA) is 50.9 Å². The Morgan fingerprint density at radius 1 is 1.47 bits per heavy atom. The van der Waals surface area contributed by atoms with E-state index in [1.54, 1.807) is 19.9 Å². The maximum Gasteiger partial charge on any atom is 0.390 e. The van der Waals surface area contributed by atoms with Crippen molar-refractivity contribution in [1.82, 2.24) is 10.3 Å². The number of halogens is 3. The van der Waals surface area contributed by atoms with Gasteiger partial charge in [0.15, 0.2) is 0 Å². The summed E-state index contributed by atoms with van der Waals surface area (Å²) >= 11 is 0. The number of hydrogen-bond acceptors (Lipinski definition) is 3. The average molecular weight is 247 g/mol. The van der Waals surface area contributed by atoms with E-state index in [-0.39, 0.29) is 5.82 Å². The second-order valence-corrected chi connectivity index (χ2v) is 3.92. The molecule has 0 aliphatic carbocycles. The molecule has 1 aromatic heterocycles. The molecule has 0 saturated carbocycles. The molecule has 0 saturated heterocycles. The van der Waals surface area contributed by atoms with Crippen molar-refractivity contribution in [2.24, 2.45) is 0 Å². The van der Waals surface area contributed by atoms with Gasteiger partial charge in [-0.2, -0.15) is 13.2 Å². The molecule has 0 bridgehead atoms. The van der Waals surface area contributed by atoms with E-state index >= 15 is 0 Å². The zero-order valence-electron chi connectivity index (χ0n) is 9.80. The number of aromatic nitrogens is 1. The van der Waals surface area contributed by atoms with Gasteiger partial charge in [0.2, 0.25) is 0 Å². The third-order valence-corrected chi connectivity index (χ3v) is 2.35. The molecule has 0 aliphatic heterocycles. The summed E-state index contributed by atoms with van der Waals surface area (Å²) in [7, 11) is 0. The van der Waals surface area contributed by atoms with Gasteiger partial charge in [-0.15, -0.1) is 0 Å². The Hall–Kier alpha value is -1.30. The largest absolute Gasteiger partial charge is 0.390 e. The van der Waals surface area contributed by atoms with Crippen LogP contribution in [-0.4, -0.2) is 17.7 Å². The zero-order valence-corrected chi connectivity index (χ0v) is 9.80. The van der Waals surface area contributed by atoms with Crippen LogP contribution >= 0.6 is 0 Å². The SMILES string of the molecule is CCNC(CC(F)(F)F)c1cc(C)cnc1N. The predicted octanol–water partition coefficient (Wildman–Crippen LogP) is 2.58. The number of nitrogens with one attached hydrogen (secondary N) is 1. The van der Waals surface area contributed by atoms with Crippen molar-refractivity contribution in [3.63, 3.8) is 0 Å². The number of pyridine rings is 1. The van der Waals surface area contributed by atoms with Crippen molar-refractivity contribution in [1.29, 1.82) is 0 Å². The van der Waals surface area contributed by atoms with Crippen LogP contribution in [-0.2, 0) is 0 Å². The molecule has 0 aromatic carbocycles. The second-order valence-electron chi connectivity index (χ2n) is 3.92. The van der Waals surface area contributed by atoms with Crippen molar-refractivity contribution in [3.8, 4) is 0 Å². The van der Waals surface area contributed by atoms with Crippen molar-refractivity contribution in [2.75, 3.05) is 12.3 Å². The van der Waals surface area contributed by atoms with Crippen molar-refractivity contribution in [3.05, 3.63) is 23.4 Å². The molecular formula is C11H16F3N3. The highest BCUT2D eigenvalue weighted by molar-refractivity contribution is 5.43. The van der Waals surface area contributed by atoms with Crippen LogP contribution in [0.25, 0.3) is 0 Å². The molecule has 0 amide bonds. The van der Waals surface area contributed by atoms with Crippen LogP contribution in [0, 0.1) is 6.92 Å². The van der Waals surface area contributed by atoms with Gasteiger partial charge in [0.25, 0.3) is 0 Å². The number of nitrogens with zero attached hydrogens (tertiary/aromatic N) is 1. The number of anilines is 1. The third-order valence-electron chi connectivity index (χ3n) is 2.35. The molecule has 0 fully saturated rings. The number of rotatable bonds is 4. The molecule has 1 rings (SSSR count). The van der Waals surface area contributed by atoms with Gasteiger partial charge in [0.05, 0.1) is 6.42 Å². The first-order chi connectivity index (χ1) is 7.83. The molecule has 0 radical (unpaired) electrons. The lowest BCUT2D eigenvalue weighted by atomic mass is 10.0. The summed E-state index contributed by atoms with van der Waals surface area (Å²) in [4.78, 5) is 3.88. The van der Waals surface area contributed by atoms with Crippen molar-refractivity contribution in [2.45, 2.75) is 32.5 Å². The molecular weight excluding hydrogens is 231 g/mol. The van der Waals surface area contributed by atoms with Crippen molar-refractivity contribution < 1.29 is 13.2 Å². The number of nitrogens with two attached hydrogens (primary N) is 1. The van der Waals surface area contributed by atoms with E-state index in [4.69, 9.17) is 5.73 Å². The van der Waals surface area contributed by atoms with Gasteiger partial charge in [-0.25, -0.2) is 4.98 Å². The summed E-state index contributed by atoms with van der Waals surface area (Å²) in [5, 5.41) is 2.78. The third kappa shape index (κ3) is 4.22. The summed E-state index contributed by atoms with van der Waals surface area (Å²) in [6.07, 6.45) is -3.64. The Bertz CT molecular complexity index is 377. The molecule has 1 atom stereocenters. The van der Waals surface area contributed by atoms with Gasteiger partial charge in [-0.3, -0.25) is 0 Å². The maximum atomic E-state index is 12.4. The fourth-order valence-corrected chi connectivity index (χ4v) is 1.65. The van der Waals surface area contributed by atoms with Crippen LogP contribution in [0.15, 0.2) is 12.3 Å². The van der Waals surface area contributed by atoms with E-state index in [9.17, 15) is 13.2 Å². The van der Waals surface area contributed by atoms with E-state index in [1.807, 2.05) is 0 Å². The Labute approximate surface area is 98.2 Å². The molecule has 3 nitrogen and oxygen atoms in total. The second kappa shape index (κ2) is 5.35. The van der Waals surface area contributed by atoms with E-state index in [0.29, 0.717) is 12.1 Å². The lowest BCUT2D eigenvalue weighted by Crippen LogP contribution is -2.27. The van der Waals surface area contributed by atoms with Gasteiger partial charge >= 0.3 is 6.18 Å². The molecule has 3 N–H and O–H groups in total. The molecule has 0 aliphatic rings. The summed E-state index contributed by atoms with van der Waals surface area (Å²) < 4.78 is 37.3. The fourth-order valence-electron chi connectivity index (χ4n) is 1.65.